The van der Waals surface area contributed by atoms with Gasteiger partial charge < -0.3 is 5.11 Å². The van der Waals surface area contributed by atoms with E-state index in [1.165, 1.54) is 0 Å². The van der Waals surface area contributed by atoms with Gasteiger partial charge in [0.05, 0.1) is 14.1 Å². The van der Waals surface area contributed by atoms with Crippen LogP contribution in [-0.4, -0.2) is 42.3 Å². The molecule has 1 aromatic rings. The van der Waals surface area contributed by atoms with Gasteiger partial charge in [0.25, 0.3) is 5.91 Å². The molecule has 0 bridgehead atoms. The smallest absolute Gasteiger partial charge is 0.295 e. The number of quaternary nitrogens is 1. The van der Waals surface area contributed by atoms with Crippen LogP contribution in [0, 0.1) is 0 Å². The van der Waals surface area contributed by atoms with Gasteiger partial charge >= 0.3 is 0 Å². The number of amides is 1. The minimum Gasteiger partial charge on any atom is -0.387 e. The number of aliphatic hydroxyl groups is 1. The van der Waals surface area contributed by atoms with E-state index < -0.39 is 6.10 Å². The summed E-state index contributed by atoms with van der Waals surface area (Å²) in [5.41, 5.74) is 3.47. The van der Waals surface area contributed by atoms with Crippen molar-refractivity contribution >= 4 is 5.91 Å². The van der Waals surface area contributed by atoms with E-state index >= 15 is 0 Å². The van der Waals surface area contributed by atoms with Crippen LogP contribution >= 0.6 is 0 Å². The Bertz CT molecular complexity index is 347. The van der Waals surface area contributed by atoms with Gasteiger partial charge in [-0.1, -0.05) is 18.2 Å². The maximum atomic E-state index is 11.8. The van der Waals surface area contributed by atoms with Crippen molar-refractivity contribution in [3.05, 3.63) is 35.9 Å². The molecule has 0 saturated heterocycles. The Morgan fingerprint density at radius 3 is 2.44 bits per heavy atom. The fourth-order valence-electron chi connectivity index (χ4n) is 1.64. The van der Waals surface area contributed by atoms with E-state index in [-0.39, 0.29) is 10.5 Å². The van der Waals surface area contributed by atoms with Crippen molar-refractivity contribution in [3.8, 4) is 0 Å². The minimum atomic E-state index is -0.453. The van der Waals surface area contributed by atoms with Crippen molar-refractivity contribution < 1.29 is 14.5 Å². The first-order valence-corrected chi connectivity index (χ1v) is 5.29. The van der Waals surface area contributed by atoms with Gasteiger partial charge in [0.1, 0.15) is 12.6 Å². The standard InChI is InChI=1S/C12H18N2O2/c1-10(15)9-14(2,3)13-12(16)11-7-5-4-6-8-11/h4-8,10,15H,9H2,1-3H3/p+1. The molecule has 2 N–H and O–H groups in total. The Morgan fingerprint density at radius 1 is 1.38 bits per heavy atom. The highest BCUT2D eigenvalue weighted by Crippen LogP contribution is 2.01. The summed E-state index contributed by atoms with van der Waals surface area (Å²) in [7, 11) is 3.68. The lowest BCUT2D eigenvalue weighted by molar-refractivity contribution is -0.927. The van der Waals surface area contributed by atoms with Crippen molar-refractivity contribution in [2.24, 2.45) is 0 Å². The highest BCUT2D eigenvalue weighted by molar-refractivity contribution is 5.93. The number of benzene rings is 1. The molecule has 1 unspecified atom stereocenters. The molecular formula is C12H19N2O2+. The number of likely N-dealkylation sites (N-methyl/N-ethyl adjacent to an activating group) is 1. The predicted octanol–water partition coefficient (Wildman–Crippen LogP) is 0.789. The summed E-state index contributed by atoms with van der Waals surface area (Å²) in [5, 5.41) is 9.30. The van der Waals surface area contributed by atoms with Crippen LogP contribution in [0.1, 0.15) is 17.3 Å². The second kappa shape index (κ2) is 5.09. The molecule has 0 fully saturated rings. The molecule has 16 heavy (non-hydrogen) atoms. The molecule has 0 aromatic heterocycles. The highest BCUT2D eigenvalue weighted by atomic mass is 16.3. The summed E-state index contributed by atoms with van der Waals surface area (Å²) in [5.74, 6) is -0.133. The third-order valence-corrected chi connectivity index (χ3v) is 2.16. The maximum Gasteiger partial charge on any atom is 0.295 e. The van der Waals surface area contributed by atoms with Crippen molar-refractivity contribution in [1.29, 1.82) is 0 Å². The third-order valence-electron chi connectivity index (χ3n) is 2.16. The molecule has 0 aliphatic rings. The van der Waals surface area contributed by atoms with Gasteiger partial charge in [-0.15, -0.1) is 0 Å². The maximum absolute atomic E-state index is 11.8. The summed E-state index contributed by atoms with van der Waals surface area (Å²) in [6, 6.07) is 9.04. The monoisotopic (exact) mass is 223 g/mol. The van der Waals surface area contributed by atoms with Gasteiger partial charge in [0, 0.05) is 5.56 Å². The second-order valence-corrected chi connectivity index (χ2v) is 4.52. The topological polar surface area (TPSA) is 49.3 Å². The Labute approximate surface area is 96.1 Å². The zero-order valence-corrected chi connectivity index (χ0v) is 9.97. The SMILES string of the molecule is CC(O)C[N+](C)(C)NC(=O)c1ccccc1. The molecule has 0 spiro atoms. The highest BCUT2D eigenvalue weighted by Gasteiger charge is 2.21. The average Bonchev–Trinajstić information content (AvgIpc) is 2.16. The molecule has 0 heterocycles. The lowest BCUT2D eigenvalue weighted by Crippen LogP contribution is -2.57. The number of hydrogen-bond acceptors (Lipinski definition) is 2. The molecule has 1 rings (SSSR count). The van der Waals surface area contributed by atoms with Gasteiger partial charge in [-0.05, 0) is 19.1 Å². The van der Waals surface area contributed by atoms with E-state index in [9.17, 15) is 9.90 Å². The van der Waals surface area contributed by atoms with Crippen LogP contribution in [0.5, 0.6) is 0 Å². The van der Waals surface area contributed by atoms with Gasteiger partial charge in [0.2, 0.25) is 0 Å². The van der Waals surface area contributed by atoms with Crippen molar-refractivity contribution in [2.75, 3.05) is 20.6 Å². The average molecular weight is 223 g/mol. The minimum absolute atomic E-state index is 0.133. The Balaban J connectivity index is 2.64. The third kappa shape index (κ3) is 4.00. The number of nitrogens with one attached hydrogen (secondary N) is 1. The number of rotatable bonds is 4. The lowest BCUT2D eigenvalue weighted by Gasteiger charge is -2.30. The number of nitrogens with zero attached hydrogens (tertiary/aromatic N) is 1. The van der Waals surface area contributed by atoms with Crippen LogP contribution in [-0.2, 0) is 0 Å². The van der Waals surface area contributed by atoms with Crippen LogP contribution in [0.4, 0.5) is 0 Å². The molecule has 4 nitrogen and oxygen atoms in total. The molecule has 0 aliphatic carbocycles. The zero-order chi connectivity index (χ0) is 12.2. The number of carbonyl (C=O) groups is 1. The fraction of sp³-hybridized carbons (Fsp3) is 0.417. The van der Waals surface area contributed by atoms with Crippen LogP contribution in [0.2, 0.25) is 0 Å². The van der Waals surface area contributed by atoms with E-state index in [2.05, 4.69) is 5.43 Å². The van der Waals surface area contributed by atoms with Gasteiger partial charge in [-0.2, -0.15) is 5.43 Å². The van der Waals surface area contributed by atoms with E-state index in [0.717, 1.165) is 0 Å². The molecule has 4 heteroatoms. The number of hydrogen-bond donors (Lipinski definition) is 2. The largest absolute Gasteiger partial charge is 0.387 e. The number of aliphatic hydroxyl groups excluding tert-OH is 1. The molecule has 1 atom stereocenters. The first-order chi connectivity index (χ1) is 7.41. The van der Waals surface area contributed by atoms with E-state index in [1.54, 1.807) is 19.1 Å². The van der Waals surface area contributed by atoms with Crippen LogP contribution in [0.15, 0.2) is 30.3 Å². The summed E-state index contributed by atoms with van der Waals surface area (Å²) >= 11 is 0. The van der Waals surface area contributed by atoms with Crippen molar-refractivity contribution in [1.82, 2.24) is 5.43 Å². The van der Waals surface area contributed by atoms with E-state index in [0.29, 0.717) is 12.1 Å². The Hall–Kier alpha value is -1.39. The van der Waals surface area contributed by atoms with Crippen LogP contribution < -0.4 is 5.43 Å². The van der Waals surface area contributed by atoms with Gasteiger partial charge in [-0.3, -0.25) is 4.79 Å². The van der Waals surface area contributed by atoms with Crippen LogP contribution in [0.3, 0.4) is 0 Å². The molecule has 0 aliphatic heterocycles. The predicted molar refractivity (Wildman–Crippen MR) is 62.6 cm³/mol. The second-order valence-electron chi connectivity index (χ2n) is 4.52. The van der Waals surface area contributed by atoms with E-state index in [4.69, 9.17) is 0 Å². The van der Waals surface area contributed by atoms with Gasteiger partial charge in [0.15, 0.2) is 0 Å². The molecule has 1 aromatic carbocycles. The summed E-state index contributed by atoms with van der Waals surface area (Å²) in [6.07, 6.45) is -0.453. The first kappa shape index (κ1) is 12.7. The Morgan fingerprint density at radius 2 is 1.94 bits per heavy atom. The lowest BCUT2D eigenvalue weighted by atomic mass is 10.2. The molecule has 88 valence electrons. The fourth-order valence-corrected chi connectivity index (χ4v) is 1.64. The molecule has 0 radical (unpaired) electrons. The molecular weight excluding hydrogens is 204 g/mol. The summed E-state index contributed by atoms with van der Waals surface area (Å²) in [4.78, 5) is 11.8. The Kier molecular flexibility index (Phi) is 4.04. The van der Waals surface area contributed by atoms with E-state index in [1.807, 2.05) is 32.3 Å². The van der Waals surface area contributed by atoms with Crippen molar-refractivity contribution in [2.45, 2.75) is 13.0 Å². The molecule has 0 saturated carbocycles. The number of carbonyl (C=O) groups excluding carboxylic acids is 1. The first-order valence-electron chi connectivity index (χ1n) is 5.29. The quantitative estimate of drug-likeness (QED) is 0.585. The summed E-state index contributed by atoms with van der Waals surface area (Å²) in [6.45, 7) is 2.17. The van der Waals surface area contributed by atoms with Gasteiger partial charge in [-0.25, -0.2) is 4.59 Å². The summed E-state index contributed by atoms with van der Waals surface area (Å²) < 4.78 is 0.255. The zero-order valence-electron chi connectivity index (χ0n) is 9.97. The van der Waals surface area contributed by atoms with Crippen LogP contribution in [0.25, 0.3) is 0 Å². The normalized spacial score (nSPS) is 13.2. The molecule has 1 amide bonds. The van der Waals surface area contributed by atoms with Crippen molar-refractivity contribution in [3.63, 3.8) is 0 Å².